The van der Waals surface area contributed by atoms with Crippen molar-refractivity contribution in [2.45, 2.75) is 13.1 Å². The van der Waals surface area contributed by atoms with E-state index in [9.17, 15) is 0 Å². The standard InChI is InChI=1S/C14H19N3O/c1-18-10-8-16-11-14-3-2-9-17(14)12-13-4-6-15-7-5-13/h2-7,9,16H,8,10-12H2,1H3. The van der Waals surface area contributed by atoms with Crippen LogP contribution in [0.4, 0.5) is 0 Å². The number of hydrogen-bond acceptors (Lipinski definition) is 3. The van der Waals surface area contributed by atoms with Crippen molar-refractivity contribution in [3.63, 3.8) is 0 Å². The molecule has 0 aliphatic carbocycles. The zero-order valence-corrected chi connectivity index (χ0v) is 10.7. The van der Waals surface area contributed by atoms with Crippen molar-refractivity contribution in [3.05, 3.63) is 54.1 Å². The fraction of sp³-hybridized carbons (Fsp3) is 0.357. The predicted molar refractivity (Wildman–Crippen MR) is 71.4 cm³/mol. The minimum absolute atomic E-state index is 0.741. The monoisotopic (exact) mass is 245 g/mol. The lowest BCUT2D eigenvalue weighted by Crippen LogP contribution is -2.20. The summed E-state index contributed by atoms with van der Waals surface area (Å²) in [5.74, 6) is 0. The number of methoxy groups -OCH3 is 1. The minimum Gasteiger partial charge on any atom is -0.383 e. The summed E-state index contributed by atoms with van der Waals surface area (Å²) in [5, 5.41) is 3.36. The van der Waals surface area contributed by atoms with Crippen LogP contribution in [0.15, 0.2) is 42.9 Å². The molecule has 2 heterocycles. The highest BCUT2D eigenvalue weighted by Gasteiger charge is 2.01. The number of aromatic nitrogens is 2. The number of hydrogen-bond donors (Lipinski definition) is 1. The SMILES string of the molecule is COCCNCc1cccn1Cc1ccncc1. The first-order valence-electron chi connectivity index (χ1n) is 6.12. The van der Waals surface area contributed by atoms with Gasteiger partial charge in [0.2, 0.25) is 0 Å². The first kappa shape index (κ1) is 12.8. The van der Waals surface area contributed by atoms with E-state index in [-0.39, 0.29) is 0 Å². The third kappa shape index (κ3) is 3.68. The summed E-state index contributed by atoms with van der Waals surface area (Å²) >= 11 is 0. The average molecular weight is 245 g/mol. The van der Waals surface area contributed by atoms with Gasteiger partial charge in [-0.05, 0) is 29.8 Å². The summed E-state index contributed by atoms with van der Waals surface area (Å²) in [5.41, 5.74) is 2.54. The van der Waals surface area contributed by atoms with Gasteiger partial charge in [-0.1, -0.05) is 0 Å². The fourth-order valence-corrected chi connectivity index (χ4v) is 1.84. The Morgan fingerprint density at radius 1 is 1.28 bits per heavy atom. The lowest BCUT2D eigenvalue weighted by molar-refractivity contribution is 0.199. The van der Waals surface area contributed by atoms with E-state index in [4.69, 9.17) is 4.74 Å². The number of nitrogens with one attached hydrogen (secondary N) is 1. The lowest BCUT2D eigenvalue weighted by Gasteiger charge is -2.10. The Morgan fingerprint density at radius 2 is 2.11 bits per heavy atom. The molecule has 2 aromatic rings. The van der Waals surface area contributed by atoms with Crippen molar-refractivity contribution in [1.82, 2.24) is 14.9 Å². The summed E-state index contributed by atoms with van der Waals surface area (Å²) < 4.78 is 7.26. The topological polar surface area (TPSA) is 39.1 Å². The molecular formula is C14H19N3O. The summed E-state index contributed by atoms with van der Waals surface area (Å²) in [4.78, 5) is 4.03. The molecule has 0 saturated carbocycles. The van der Waals surface area contributed by atoms with Crippen LogP contribution in [0.3, 0.4) is 0 Å². The second kappa shape index (κ2) is 6.93. The average Bonchev–Trinajstić information content (AvgIpc) is 2.83. The van der Waals surface area contributed by atoms with Crippen molar-refractivity contribution in [2.75, 3.05) is 20.3 Å². The molecule has 0 amide bonds. The molecule has 0 fully saturated rings. The maximum absolute atomic E-state index is 5.01. The molecule has 0 atom stereocenters. The van der Waals surface area contributed by atoms with Crippen LogP contribution in [0.1, 0.15) is 11.3 Å². The molecule has 2 aromatic heterocycles. The van der Waals surface area contributed by atoms with E-state index in [0.29, 0.717) is 0 Å². The number of pyridine rings is 1. The molecule has 18 heavy (non-hydrogen) atoms. The van der Waals surface area contributed by atoms with Gasteiger partial charge in [-0.3, -0.25) is 4.98 Å². The Hall–Kier alpha value is -1.65. The summed E-state index contributed by atoms with van der Waals surface area (Å²) in [6.45, 7) is 3.36. The molecule has 0 unspecified atom stereocenters. The van der Waals surface area contributed by atoms with Crippen molar-refractivity contribution >= 4 is 0 Å². The molecule has 0 saturated heterocycles. The van der Waals surface area contributed by atoms with Gasteiger partial charge in [0.1, 0.15) is 0 Å². The molecular weight excluding hydrogens is 226 g/mol. The predicted octanol–water partition coefficient (Wildman–Crippen LogP) is 1.67. The minimum atomic E-state index is 0.741. The van der Waals surface area contributed by atoms with Crippen LogP contribution in [0, 0.1) is 0 Å². The van der Waals surface area contributed by atoms with Crippen LogP contribution >= 0.6 is 0 Å². The van der Waals surface area contributed by atoms with Gasteiger partial charge in [0.25, 0.3) is 0 Å². The molecule has 0 bridgehead atoms. The van der Waals surface area contributed by atoms with Crippen molar-refractivity contribution in [3.8, 4) is 0 Å². The summed E-state index contributed by atoms with van der Waals surface area (Å²) in [6, 6.07) is 8.31. The van der Waals surface area contributed by atoms with Gasteiger partial charge in [-0.25, -0.2) is 0 Å². The van der Waals surface area contributed by atoms with E-state index in [2.05, 4.69) is 33.2 Å². The normalized spacial score (nSPS) is 10.7. The van der Waals surface area contributed by atoms with Crippen molar-refractivity contribution in [1.29, 1.82) is 0 Å². The van der Waals surface area contributed by atoms with E-state index in [1.165, 1.54) is 11.3 Å². The summed E-state index contributed by atoms with van der Waals surface area (Å²) in [6.07, 6.45) is 5.76. The Kier molecular flexibility index (Phi) is 4.93. The van der Waals surface area contributed by atoms with Gasteiger partial charge >= 0.3 is 0 Å². The Balaban J connectivity index is 1.91. The van der Waals surface area contributed by atoms with E-state index in [0.717, 1.165) is 26.2 Å². The van der Waals surface area contributed by atoms with E-state index in [1.807, 2.05) is 24.5 Å². The highest BCUT2D eigenvalue weighted by atomic mass is 16.5. The first-order chi connectivity index (χ1) is 8.90. The molecule has 0 aliphatic heterocycles. The van der Waals surface area contributed by atoms with Gasteiger partial charge in [0.15, 0.2) is 0 Å². The quantitative estimate of drug-likeness (QED) is 0.754. The zero-order chi connectivity index (χ0) is 12.6. The van der Waals surface area contributed by atoms with Crippen LogP contribution in [0.25, 0.3) is 0 Å². The van der Waals surface area contributed by atoms with E-state index >= 15 is 0 Å². The van der Waals surface area contributed by atoms with Crippen LogP contribution < -0.4 is 5.32 Å². The zero-order valence-electron chi connectivity index (χ0n) is 10.7. The fourth-order valence-electron chi connectivity index (χ4n) is 1.84. The van der Waals surface area contributed by atoms with E-state index in [1.54, 1.807) is 7.11 Å². The smallest absolute Gasteiger partial charge is 0.0587 e. The highest BCUT2D eigenvalue weighted by molar-refractivity contribution is 5.14. The largest absolute Gasteiger partial charge is 0.383 e. The van der Waals surface area contributed by atoms with Crippen LogP contribution in [0.5, 0.6) is 0 Å². The van der Waals surface area contributed by atoms with Crippen LogP contribution in [-0.4, -0.2) is 29.8 Å². The van der Waals surface area contributed by atoms with Gasteiger partial charge in [0.05, 0.1) is 6.61 Å². The summed E-state index contributed by atoms with van der Waals surface area (Å²) in [7, 11) is 1.72. The third-order valence-corrected chi connectivity index (χ3v) is 2.81. The third-order valence-electron chi connectivity index (χ3n) is 2.81. The maximum atomic E-state index is 5.01. The van der Waals surface area contributed by atoms with E-state index < -0.39 is 0 Å². The second-order valence-electron chi connectivity index (χ2n) is 4.15. The molecule has 1 N–H and O–H groups in total. The first-order valence-corrected chi connectivity index (χ1v) is 6.12. The second-order valence-corrected chi connectivity index (χ2v) is 4.15. The molecule has 0 spiro atoms. The molecule has 4 heteroatoms. The highest BCUT2D eigenvalue weighted by Crippen LogP contribution is 2.06. The molecule has 0 aliphatic rings. The Morgan fingerprint density at radius 3 is 2.89 bits per heavy atom. The molecule has 0 radical (unpaired) electrons. The van der Waals surface area contributed by atoms with Gasteiger partial charge in [-0.15, -0.1) is 0 Å². The van der Waals surface area contributed by atoms with Crippen LogP contribution in [-0.2, 0) is 17.8 Å². The molecule has 4 nitrogen and oxygen atoms in total. The molecule has 96 valence electrons. The number of nitrogens with zero attached hydrogens (tertiary/aromatic N) is 2. The lowest BCUT2D eigenvalue weighted by atomic mass is 10.2. The van der Waals surface area contributed by atoms with Gasteiger partial charge in [-0.2, -0.15) is 0 Å². The van der Waals surface area contributed by atoms with Gasteiger partial charge in [0, 0.05) is 51.0 Å². The van der Waals surface area contributed by atoms with Crippen LogP contribution in [0.2, 0.25) is 0 Å². The Labute approximate surface area is 108 Å². The molecule has 0 aromatic carbocycles. The number of ether oxygens (including phenoxy) is 1. The number of rotatable bonds is 7. The molecule has 2 rings (SSSR count). The Bertz CT molecular complexity index is 453. The maximum Gasteiger partial charge on any atom is 0.0587 e. The van der Waals surface area contributed by atoms with Gasteiger partial charge < -0.3 is 14.6 Å². The van der Waals surface area contributed by atoms with Crippen molar-refractivity contribution < 1.29 is 4.74 Å². The van der Waals surface area contributed by atoms with Crippen molar-refractivity contribution in [2.24, 2.45) is 0 Å².